The Kier molecular flexibility index (Phi) is 7.10. The number of ether oxygens (including phenoxy) is 1. The number of sulfonamides is 1. The molecular weight excluding hydrogens is 424 g/mol. The number of hydrogen-bond acceptors (Lipinski definition) is 8. The predicted octanol–water partition coefficient (Wildman–Crippen LogP) is 0.879. The SMILES string of the molecule is CS(=O)(=O)NCCc1ccc(C(=O)CSc2n[nH]c(=O)n2CC2CCCO2)s1. The van der Waals surface area contributed by atoms with E-state index in [1.807, 2.05) is 6.07 Å². The zero-order valence-corrected chi connectivity index (χ0v) is 17.8. The summed E-state index contributed by atoms with van der Waals surface area (Å²) in [6.07, 6.45) is 3.54. The first-order chi connectivity index (χ1) is 13.3. The van der Waals surface area contributed by atoms with Crippen molar-refractivity contribution in [2.24, 2.45) is 0 Å². The third-order valence-corrected chi connectivity index (χ3v) is 7.03. The van der Waals surface area contributed by atoms with Crippen molar-refractivity contribution in [1.82, 2.24) is 19.5 Å². The van der Waals surface area contributed by atoms with Gasteiger partial charge in [-0.05, 0) is 31.4 Å². The number of thiophene rings is 1. The number of aromatic nitrogens is 3. The molecular formula is C16H22N4O5S3. The van der Waals surface area contributed by atoms with Crippen LogP contribution in [-0.4, -0.2) is 60.2 Å². The van der Waals surface area contributed by atoms with Gasteiger partial charge in [-0.1, -0.05) is 11.8 Å². The molecule has 0 saturated carbocycles. The highest BCUT2D eigenvalue weighted by molar-refractivity contribution is 7.99. The fourth-order valence-electron chi connectivity index (χ4n) is 2.79. The minimum Gasteiger partial charge on any atom is -0.376 e. The molecule has 2 aromatic heterocycles. The molecule has 1 aliphatic rings. The van der Waals surface area contributed by atoms with E-state index in [4.69, 9.17) is 4.74 Å². The van der Waals surface area contributed by atoms with Crippen molar-refractivity contribution in [3.8, 4) is 0 Å². The zero-order chi connectivity index (χ0) is 20.1. The third-order valence-electron chi connectivity index (χ3n) is 4.14. The van der Waals surface area contributed by atoms with Crippen molar-refractivity contribution < 1.29 is 17.9 Å². The Balaban J connectivity index is 1.54. The summed E-state index contributed by atoms with van der Waals surface area (Å²) in [7, 11) is -3.22. The molecule has 9 nitrogen and oxygen atoms in total. The monoisotopic (exact) mass is 446 g/mol. The van der Waals surface area contributed by atoms with Gasteiger partial charge in [-0.15, -0.1) is 16.4 Å². The molecule has 2 aromatic rings. The molecule has 154 valence electrons. The van der Waals surface area contributed by atoms with Gasteiger partial charge in [0.1, 0.15) is 0 Å². The topological polar surface area (TPSA) is 123 Å². The number of aromatic amines is 1. The van der Waals surface area contributed by atoms with E-state index in [9.17, 15) is 18.0 Å². The zero-order valence-electron chi connectivity index (χ0n) is 15.3. The lowest BCUT2D eigenvalue weighted by atomic mass is 10.2. The summed E-state index contributed by atoms with van der Waals surface area (Å²) in [5, 5.41) is 6.92. The molecule has 1 aliphatic heterocycles. The molecule has 28 heavy (non-hydrogen) atoms. The van der Waals surface area contributed by atoms with Crippen LogP contribution >= 0.6 is 23.1 Å². The van der Waals surface area contributed by atoms with Gasteiger partial charge in [0.25, 0.3) is 0 Å². The molecule has 3 heterocycles. The average molecular weight is 447 g/mol. The Labute approximate surface area is 170 Å². The lowest BCUT2D eigenvalue weighted by Crippen LogP contribution is -2.25. The summed E-state index contributed by atoms with van der Waals surface area (Å²) in [5.41, 5.74) is -0.303. The molecule has 1 fully saturated rings. The molecule has 0 aliphatic carbocycles. The first kappa shape index (κ1) is 21.2. The summed E-state index contributed by atoms with van der Waals surface area (Å²) in [5.74, 6) is 0.105. The van der Waals surface area contributed by atoms with Gasteiger partial charge >= 0.3 is 5.69 Å². The van der Waals surface area contributed by atoms with Crippen LogP contribution in [0.2, 0.25) is 0 Å². The van der Waals surface area contributed by atoms with Crippen LogP contribution < -0.4 is 10.4 Å². The Hall–Kier alpha value is -1.47. The van der Waals surface area contributed by atoms with E-state index in [1.165, 1.54) is 27.7 Å². The van der Waals surface area contributed by atoms with Crippen LogP contribution in [0.5, 0.6) is 0 Å². The number of rotatable bonds is 10. The van der Waals surface area contributed by atoms with E-state index < -0.39 is 10.0 Å². The molecule has 0 bridgehead atoms. The van der Waals surface area contributed by atoms with Gasteiger partial charge in [0.15, 0.2) is 10.9 Å². The summed E-state index contributed by atoms with van der Waals surface area (Å²) in [6, 6.07) is 3.57. The Morgan fingerprint density at radius 2 is 2.32 bits per heavy atom. The van der Waals surface area contributed by atoms with Crippen LogP contribution in [0, 0.1) is 0 Å². The minimum absolute atomic E-state index is 0.00532. The fourth-order valence-corrected chi connectivity index (χ4v) is 5.14. The number of nitrogens with one attached hydrogen (secondary N) is 2. The maximum atomic E-state index is 12.5. The molecule has 3 rings (SSSR count). The number of carbonyl (C=O) groups excluding carboxylic acids is 1. The molecule has 2 N–H and O–H groups in total. The van der Waals surface area contributed by atoms with Crippen LogP contribution in [0.1, 0.15) is 27.4 Å². The highest BCUT2D eigenvalue weighted by Crippen LogP contribution is 2.22. The van der Waals surface area contributed by atoms with Gasteiger partial charge in [0.2, 0.25) is 10.0 Å². The number of carbonyl (C=O) groups is 1. The summed E-state index contributed by atoms with van der Waals surface area (Å²) in [6.45, 7) is 1.44. The van der Waals surface area contributed by atoms with Crippen LogP contribution in [0.15, 0.2) is 22.1 Å². The largest absolute Gasteiger partial charge is 0.376 e. The first-order valence-electron chi connectivity index (χ1n) is 8.78. The van der Waals surface area contributed by atoms with Crippen LogP contribution in [0.25, 0.3) is 0 Å². The number of nitrogens with zero attached hydrogens (tertiary/aromatic N) is 2. The second-order valence-corrected chi connectivity index (χ2v) is 10.4. The van der Waals surface area contributed by atoms with Crippen LogP contribution in [0.3, 0.4) is 0 Å². The molecule has 0 amide bonds. The molecule has 12 heteroatoms. The molecule has 0 radical (unpaired) electrons. The highest BCUT2D eigenvalue weighted by atomic mass is 32.2. The van der Waals surface area contributed by atoms with E-state index in [-0.39, 0.29) is 23.3 Å². The van der Waals surface area contributed by atoms with Gasteiger partial charge in [-0.25, -0.2) is 23.0 Å². The van der Waals surface area contributed by atoms with Crippen molar-refractivity contribution in [1.29, 1.82) is 0 Å². The molecule has 1 atom stereocenters. The smallest absolute Gasteiger partial charge is 0.344 e. The number of H-pyrrole nitrogens is 1. The average Bonchev–Trinajstić information content (AvgIpc) is 3.36. The third kappa shape index (κ3) is 6.01. The number of hydrogen-bond donors (Lipinski definition) is 2. The molecule has 0 spiro atoms. The molecule has 1 unspecified atom stereocenters. The first-order valence-corrected chi connectivity index (χ1v) is 12.5. The standard InChI is InChI=1S/C16H22N4O5S3/c1-28(23,24)17-7-6-12-4-5-14(27-12)13(21)10-26-16-19-18-15(22)20(16)9-11-3-2-8-25-11/h4-5,11,17H,2-3,6-10H2,1H3,(H,18,22). The van der Waals surface area contributed by atoms with E-state index in [0.717, 1.165) is 24.0 Å². The number of thioether (sulfide) groups is 1. The van der Waals surface area contributed by atoms with Gasteiger partial charge in [-0.3, -0.25) is 9.36 Å². The second-order valence-electron chi connectivity index (χ2n) is 6.45. The van der Waals surface area contributed by atoms with Crippen LogP contribution in [0.4, 0.5) is 0 Å². The minimum atomic E-state index is -3.22. The van der Waals surface area contributed by atoms with Crippen molar-refractivity contribution in [3.05, 3.63) is 32.4 Å². The van der Waals surface area contributed by atoms with Crippen molar-refractivity contribution >= 4 is 38.9 Å². The second kappa shape index (κ2) is 9.35. The van der Waals surface area contributed by atoms with Gasteiger partial charge in [0.05, 0.1) is 29.5 Å². The fraction of sp³-hybridized carbons (Fsp3) is 0.562. The Bertz CT molecular complexity index is 973. The van der Waals surface area contributed by atoms with Crippen molar-refractivity contribution in [2.45, 2.75) is 37.1 Å². The maximum absolute atomic E-state index is 12.5. The Morgan fingerprint density at radius 1 is 1.50 bits per heavy atom. The van der Waals surface area contributed by atoms with Gasteiger partial charge in [-0.2, -0.15) is 0 Å². The Morgan fingerprint density at radius 3 is 3.04 bits per heavy atom. The summed E-state index contributed by atoms with van der Waals surface area (Å²) >= 11 is 2.56. The highest BCUT2D eigenvalue weighted by Gasteiger charge is 2.20. The summed E-state index contributed by atoms with van der Waals surface area (Å²) in [4.78, 5) is 25.9. The lowest BCUT2D eigenvalue weighted by molar-refractivity contribution is 0.0941. The van der Waals surface area contributed by atoms with Crippen LogP contribution in [-0.2, 0) is 27.7 Å². The van der Waals surface area contributed by atoms with E-state index in [0.29, 0.717) is 36.2 Å². The van der Waals surface area contributed by atoms with E-state index in [2.05, 4.69) is 14.9 Å². The normalized spacial score (nSPS) is 17.2. The van der Waals surface area contributed by atoms with E-state index in [1.54, 1.807) is 6.07 Å². The summed E-state index contributed by atoms with van der Waals surface area (Å²) < 4.78 is 31.7. The van der Waals surface area contributed by atoms with E-state index >= 15 is 0 Å². The van der Waals surface area contributed by atoms with Gasteiger partial charge < -0.3 is 4.74 Å². The van der Waals surface area contributed by atoms with Gasteiger partial charge in [0, 0.05) is 18.0 Å². The molecule has 0 aromatic carbocycles. The molecule has 1 saturated heterocycles. The lowest BCUT2D eigenvalue weighted by Gasteiger charge is -2.10. The maximum Gasteiger partial charge on any atom is 0.344 e. The number of ketones is 1. The predicted molar refractivity (Wildman–Crippen MR) is 108 cm³/mol. The van der Waals surface area contributed by atoms with Crippen molar-refractivity contribution in [3.63, 3.8) is 0 Å². The number of Topliss-reactive ketones (excluding diaryl/α,β-unsaturated/α-hetero) is 1. The van der Waals surface area contributed by atoms with Crippen molar-refractivity contribution in [2.75, 3.05) is 25.2 Å². The quantitative estimate of drug-likeness (QED) is 0.410.